The van der Waals surface area contributed by atoms with Gasteiger partial charge in [0.2, 0.25) is 0 Å². The average molecular weight is 410 g/mol. The number of aryl methyl sites for hydroxylation is 2. The van der Waals surface area contributed by atoms with Crippen LogP contribution in [0.2, 0.25) is 0 Å². The Kier molecular flexibility index (Phi) is 5.15. The van der Waals surface area contributed by atoms with Gasteiger partial charge in [-0.1, -0.05) is 0 Å². The van der Waals surface area contributed by atoms with Gasteiger partial charge < -0.3 is 9.80 Å². The number of halogens is 2. The third-order valence-electron chi connectivity index (χ3n) is 5.34. The Hall–Kier alpha value is -3.42. The molecule has 1 saturated heterocycles. The molecule has 0 N–H and O–H groups in total. The first-order chi connectivity index (χ1) is 14.3. The van der Waals surface area contributed by atoms with E-state index in [1.807, 2.05) is 13.8 Å². The van der Waals surface area contributed by atoms with Crippen LogP contribution in [0.1, 0.15) is 32.1 Å². The Bertz CT molecular complexity index is 1160. The van der Waals surface area contributed by atoms with Crippen molar-refractivity contribution in [3.63, 3.8) is 0 Å². The molecule has 0 aliphatic carbocycles. The van der Waals surface area contributed by atoms with Crippen molar-refractivity contribution >= 4 is 22.8 Å². The highest BCUT2D eigenvalue weighted by molar-refractivity contribution is 5.98. The van der Waals surface area contributed by atoms with Crippen LogP contribution in [0.15, 0.2) is 36.4 Å². The second kappa shape index (κ2) is 7.78. The number of aromatic nitrogens is 2. The zero-order valence-electron chi connectivity index (χ0n) is 16.7. The Labute approximate surface area is 172 Å². The van der Waals surface area contributed by atoms with Crippen LogP contribution in [-0.2, 0) is 0 Å². The van der Waals surface area contributed by atoms with Gasteiger partial charge in [0.05, 0.1) is 22.4 Å². The summed E-state index contributed by atoms with van der Waals surface area (Å²) in [6.45, 7) is 5.10. The van der Waals surface area contributed by atoms with Gasteiger partial charge in [-0.25, -0.2) is 18.7 Å². The number of hydrogen-bond donors (Lipinski definition) is 0. The van der Waals surface area contributed by atoms with Gasteiger partial charge in [-0.3, -0.25) is 9.59 Å². The molecule has 3 aromatic rings. The van der Waals surface area contributed by atoms with Crippen LogP contribution in [0.5, 0.6) is 0 Å². The fourth-order valence-corrected chi connectivity index (χ4v) is 3.47. The van der Waals surface area contributed by atoms with Crippen molar-refractivity contribution in [2.45, 2.75) is 13.8 Å². The third-order valence-corrected chi connectivity index (χ3v) is 5.34. The molecule has 154 valence electrons. The second-order valence-corrected chi connectivity index (χ2v) is 7.31. The number of fused-ring (bicyclic) bond motifs is 1. The largest absolute Gasteiger partial charge is 0.335 e. The SMILES string of the molecule is Cc1nc2ccc(C(=O)N3CCN(C(=O)c4ccc(F)c(F)c4)CC3)cc2nc1C. The van der Waals surface area contributed by atoms with Gasteiger partial charge in [0.15, 0.2) is 11.6 Å². The zero-order chi connectivity index (χ0) is 21.4. The summed E-state index contributed by atoms with van der Waals surface area (Å²) < 4.78 is 26.5. The van der Waals surface area contributed by atoms with Crippen LogP contribution in [0.25, 0.3) is 11.0 Å². The minimum Gasteiger partial charge on any atom is -0.335 e. The molecule has 0 saturated carbocycles. The van der Waals surface area contributed by atoms with E-state index in [9.17, 15) is 18.4 Å². The van der Waals surface area contributed by atoms with Gasteiger partial charge in [-0.2, -0.15) is 0 Å². The number of carbonyl (C=O) groups excluding carboxylic acids is 2. The Morgan fingerprint density at radius 3 is 1.80 bits per heavy atom. The molecule has 2 aromatic carbocycles. The highest BCUT2D eigenvalue weighted by Crippen LogP contribution is 2.18. The summed E-state index contributed by atoms with van der Waals surface area (Å²) >= 11 is 0. The second-order valence-electron chi connectivity index (χ2n) is 7.31. The lowest BCUT2D eigenvalue weighted by atomic mass is 10.1. The first-order valence-electron chi connectivity index (χ1n) is 9.62. The van der Waals surface area contributed by atoms with E-state index in [1.165, 1.54) is 11.0 Å². The number of nitrogens with zero attached hydrogens (tertiary/aromatic N) is 4. The van der Waals surface area contributed by atoms with Crippen molar-refractivity contribution in [3.05, 3.63) is 70.5 Å². The lowest BCUT2D eigenvalue weighted by molar-refractivity contribution is 0.0535. The van der Waals surface area contributed by atoms with Crippen LogP contribution < -0.4 is 0 Å². The molecule has 1 aromatic heterocycles. The number of amides is 2. The van der Waals surface area contributed by atoms with Crippen molar-refractivity contribution in [2.75, 3.05) is 26.2 Å². The van der Waals surface area contributed by atoms with Crippen molar-refractivity contribution in [2.24, 2.45) is 0 Å². The highest BCUT2D eigenvalue weighted by atomic mass is 19.2. The van der Waals surface area contributed by atoms with Crippen molar-refractivity contribution in [3.8, 4) is 0 Å². The van der Waals surface area contributed by atoms with Gasteiger partial charge in [0.1, 0.15) is 0 Å². The molecule has 1 fully saturated rings. The number of carbonyl (C=O) groups is 2. The van der Waals surface area contributed by atoms with Gasteiger partial charge in [-0.15, -0.1) is 0 Å². The van der Waals surface area contributed by atoms with Gasteiger partial charge >= 0.3 is 0 Å². The van der Waals surface area contributed by atoms with E-state index in [0.29, 0.717) is 37.3 Å². The number of benzene rings is 2. The van der Waals surface area contributed by atoms with Crippen LogP contribution in [-0.4, -0.2) is 57.8 Å². The molecule has 4 rings (SSSR count). The average Bonchev–Trinajstić information content (AvgIpc) is 2.75. The molecular formula is C22H20F2N4O2. The molecule has 0 bridgehead atoms. The number of hydrogen-bond acceptors (Lipinski definition) is 4. The first kappa shape index (κ1) is 19.9. The van der Waals surface area contributed by atoms with E-state index in [1.54, 1.807) is 23.1 Å². The van der Waals surface area contributed by atoms with Crippen molar-refractivity contribution in [1.29, 1.82) is 0 Å². The number of piperazine rings is 1. The predicted molar refractivity (Wildman–Crippen MR) is 107 cm³/mol. The van der Waals surface area contributed by atoms with E-state index >= 15 is 0 Å². The topological polar surface area (TPSA) is 66.4 Å². The molecule has 0 radical (unpaired) electrons. The van der Waals surface area contributed by atoms with Crippen molar-refractivity contribution in [1.82, 2.24) is 19.8 Å². The Morgan fingerprint density at radius 1 is 0.733 bits per heavy atom. The van der Waals surface area contributed by atoms with Gasteiger partial charge in [-0.05, 0) is 50.2 Å². The fourth-order valence-electron chi connectivity index (χ4n) is 3.47. The Morgan fingerprint density at radius 2 is 1.23 bits per heavy atom. The minimum atomic E-state index is -1.06. The van der Waals surface area contributed by atoms with E-state index in [4.69, 9.17) is 0 Å². The maximum Gasteiger partial charge on any atom is 0.254 e. The molecule has 0 unspecified atom stereocenters. The maximum atomic E-state index is 13.4. The summed E-state index contributed by atoms with van der Waals surface area (Å²) in [5.41, 5.74) is 3.67. The first-order valence-corrected chi connectivity index (χ1v) is 9.62. The normalized spacial score (nSPS) is 14.3. The predicted octanol–water partition coefficient (Wildman–Crippen LogP) is 3.12. The summed E-state index contributed by atoms with van der Waals surface area (Å²) in [4.78, 5) is 37.6. The summed E-state index contributed by atoms with van der Waals surface area (Å²) in [5, 5.41) is 0. The lowest BCUT2D eigenvalue weighted by Gasteiger charge is -2.35. The lowest BCUT2D eigenvalue weighted by Crippen LogP contribution is -2.50. The van der Waals surface area contributed by atoms with E-state index in [2.05, 4.69) is 9.97 Å². The van der Waals surface area contributed by atoms with Crippen molar-refractivity contribution < 1.29 is 18.4 Å². The highest BCUT2D eigenvalue weighted by Gasteiger charge is 2.26. The van der Waals surface area contributed by atoms with E-state index in [0.717, 1.165) is 29.0 Å². The quantitative estimate of drug-likeness (QED) is 0.651. The molecular weight excluding hydrogens is 390 g/mol. The van der Waals surface area contributed by atoms with Crippen LogP contribution in [0, 0.1) is 25.5 Å². The molecule has 2 amide bonds. The molecule has 0 atom stereocenters. The van der Waals surface area contributed by atoms with Gasteiger partial charge in [0, 0.05) is 37.3 Å². The fraction of sp³-hybridized carbons (Fsp3) is 0.273. The molecule has 30 heavy (non-hydrogen) atoms. The number of rotatable bonds is 2. The van der Waals surface area contributed by atoms with E-state index in [-0.39, 0.29) is 17.4 Å². The maximum absolute atomic E-state index is 13.4. The van der Waals surface area contributed by atoms with Crippen LogP contribution in [0.4, 0.5) is 8.78 Å². The van der Waals surface area contributed by atoms with E-state index < -0.39 is 11.6 Å². The third kappa shape index (κ3) is 3.72. The zero-order valence-corrected chi connectivity index (χ0v) is 16.7. The molecule has 1 aliphatic heterocycles. The smallest absolute Gasteiger partial charge is 0.254 e. The summed E-state index contributed by atoms with van der Waals surface area (Å²) in [5.74, 6) is -2.57. The molecule has 8 heteroatoms. The molecule has 1 aliphatic rings. The molecule has 6 nitrogen and oxygen atoms in total. The summed E-state index contributed by atoms with van der Waals surface area (Å²) in [6, 6.07) is 8.34. The van der Waals surface area contributed by atoms with Crippen LogP contribution in [0.3, 0.4) is 0 Å². The van der Waals surface area contributed by atoms with Gasteiger partial charge in [0.25, 0.3) is 11.8 Å². The van der Waals surface area contributed by atoms with Crippen LogP contribution >= 0.6 is 0 Å². The summed E-state index contributed by atoms with van der Waals surface area (Å²) in [7, 11) is 0. The Balaban J connectivity index is 1.45. The summed E-state index contributed by atoms with van der Waals surface area (Å²) in [6.07, 6.45) is 0. The molecule has 2 heterocycles. The molecule has 0 spiro atoms. The monoisotopic (exact) mass is 410 g/mol. The minimum absolute atomic E-state index is 0.0902. The standard InChI is InChI=1S/C22H20F2N4O2/c1-13-14(2)26-20-12-16(4-6-19(20)25-13)22(30)28-9-7-27(8-10-28)21(29)15-3-5-17(23)18(24)11-15/h3-6,11-12H,7-10H2,1-2H3.